The molecule has 0 fully saturated rings. The maximum Gasteiger partial charge on any atom is 0.159 e. The molecule has 0 atom stereocenters. The summed E-state index contributed by atoms with van der Waals surface area (Å²) in [4.78, 5) is 2.40. The van der Waals surface area contributed by atoms with E-state index in [1.807, 2.05) is 6.07 Å². The lowest BCUT2D eigenvalue weighted by atomic mass is 9.81. The second-order valence-corrected chi connectivity index (χ2v) is 16.0. The normalized spacial score (nSPS) is 12.7. The molecule has 0 saturated carbocycles. The molecule has 0 aliphatic heterocycles. The lowest BCUT2D eigenvalue weighted by Crippen LogP contribution is -2.14. The van der Waals surface area contributed by atoms with Crippen LogP contribution in [0.4, 0.5) is 17.1 Å². The van der Waals surface area contributed by atoms with E-state index in [9.17, 15) is 0 Å². The van der Waals surface area contributed by atoms with Gasteiger partial charge in [0.15, 0.2) is 5.58 Å². The molecule has 0 amide bonds. The van der Waals surface area contributed by atoms with E-state index in [0.29, 0.717) is 0 Å². The van der Waals surface area contributed by atoms with Crippen molar-refractivity contribution in [2.45, 2.75) is 19.3 Å². The first kappa shape index (κ1) is 34.8. The van der Waals surface area contributed by atoms with Crippen LogP contribution in [0.15, 0.2) is 217 Å². The van der Waals surface area contributed by atoms with Crippen molar-refractivity contribution < 1.29 is 4.42 Å². The molecule has 1 heterocycles. The predicted octanol–water partition coefficient (Wildman–Crippen LogP) is 16.0. The van der Waals surface area contributed by atoms with E-state index >= 15 is 0 Å². The molecular formula is C57H41NO. The number of nitrogens with zero attached hydrogens (tertiary/aromatic N) is 1. The zero-order chi connectivity index (χ0) is 39.5. The van der Waals surface area contributed by atoms with Crippen LogP contribution in [0.5, 0.6) is 0 Å². The van der Waals surface area contributed by atoms with Crippen LogP contribution in [-0.4, -0.2) is 0 Å². The van der Waals surface area contributed by atoms with Gasteiger partial charge in [-0.2, -0.15) is 0 Å². The molecule has 10 aromatic rings. The third-order valence-corrected chi connectivity index (χ3v) is 12.3. The second-order valence-electron chi connectivity index (χ2n) is 16.0. The maximum atomic E-state index is 6.80. The Balaban J connectivity index is 1.14. The van der Waals surface area contributed by atoms with Crippen molar-refractivity contribution in [2.24, 2.45) is 0 Å². The van der Waals surface area contributed by atoms with E-state index in [-0.39, 0.29) is 5.41 Å². The third-order valence-electron chi connectivity index (χ3n) is 12.3. The summed E-state index contributed by atoms with van der Waals surface area (Å²) < 4.78 is 6.80. The number of hydrogen-bond acceptors (Lipinski definition) is 2. The molecule has 1 aromatic heterocycles. The largest absolute Gasteiger partial charge is 0.454 e. The Kier molecular flexibility index (Phi) is 8.20. The van der Waals surface area contributed by atoms with Crippen molar-refractivity contribution in [1.82, 2.24) is 0 Å². The first-order chi connectivity index (χ1) is 29.0. The molecule has 0 bridgehead atoms. The van der Waals surface area contributed by atoms with Crippen molar-refractivity contribution in [2.75, 3.05) is 4.90 Å². The zero-order valence-corrected chi connectivity index (χ0v) is 33.1. The Morgan fingerprint density at radius 3 is 1.71 bits per heavy atom. The smallest absolute Gasteiger partial charge is 0.159 e. The minimum atomic E-state index is -0.0693. The highest BCUT2D eigenvalue weighted by molar-refractivity contribution is 6.11. The van der Waals surface area contributed by atoms with Crippen LogP contribution in [0.1, 0.15) is 25.0 Å². The highest BCUT2D eigenvalue weighted by Gasteiger charge is 2.35. The fraction of sp³-hybridized carbons (Fsp3) is 0.0526. The lowest BCUT2D eigenvalue weighted by molar-refractivity contribution is 0.660. The van der Waals surface area contributed by atoms with Gasteiger partial charge in [0.2, 0.25) is 0 Å². The number of furan rings is 1. The quantitative estimate of drug-likeness (QED) is 0.161. The van der Waals surface area contributed by atoms with Crippen LogP contribution in [0, 0.1) is 0 Å². The molecule has 0 unspecified atom stereocenters. The van der Waals surface area contributed by atoms with E-state index in [2.05, 4.69) is 225 Å². The fourth-order valence-corrected chi connectivity index (χ4v) is 9.44. The third kappa shape index (κ3) is 5.71. The number of hydrogen-bond donors (Lipinski definition) is 0. The molecule has 280 valence electrons. The molecule has 1 aliphatic rings. The van der Waals surface area contributed by atoms with Crippen LogP contribution in [0.3, 0.4) is 0 Å². The van der Waals surface area contributed by atoms with Crippen LogP contribution in [0.2, 0.25) is 0 Å². The minimum absolute atomic E-state index is 0.0693. The molecule has 0 radical (unpaired) electrons. The highest BCUT2D eigenvalue weighted by atomic mass is 16.3. The standard InChI is InChI=1S/C57H41NO/c1-57(2)50-27-13-11-22-45(50)46-36-33-41(37-51(46)57)38-31-34-42(35-32-38)58(53-29-16-26-49-47-23-12-14-30-54(47)59-56(49)53)52-28-15-25-44(40-19-7-4-8-20-40)55(52)48-24-10-9-21-43(48)39-17-5-3-6-18-39/h3-37H,1-2H3. The van der Waals surface area contributed by atoms with Gasteiger partial charge >= 0.3 is 0 Å². The summed E-state index contributed by atoms with van der Waals surface area (Å²) in [5, 5.41) is 2.20. The van der Waals surface area contributed by atoms with Crippen LogP contribution in [-0.2, 0) is 5.41 Å². The molecule has 2 nitrogen and oxygen atoms in total. The van der Waals surface area contributed by atoms with Gasteiger partial charge in [-0.25, -0.2) is 0 Å². The summed E-state index contributed by atoms with van der Waals surface area (Å²) in [5.41, 5.74) is 19.5. The molecule has 1 aliphatic carbocycles. The van der Waals surface area contributed by atoms with E-state index < -0.39 is 0 Å². The molecule has 0 N–H and O–H groups in total. The number of fused-ring (bicyclic) bond motifs is 6. The number of benzene rings is 9. The maximum absolute atomic E-state index is 6.80. The molecule has 0 spiro atoms. The fourth-order valence-electron chi connectivity index (χ4n) is 9.44. The minimum Gasteiger partial charge on any atom is -0.454 e. The Hall–Kier alpha value is -7.42. The Bertz CT molecular complexity index is 3170. The number of anilines is 3. The Morgan fingerprint density at radius 2 is 0.932 bits per heavy atom. The van der Waals surface area contributed by atoms with Gasteiger partial charge in [-0.1, -0.05) is 190 Å². The highest BCUT2D eigenvalue weighted by Crippen LogP contribution is 2.52. The average molecular weight is 756 g/mol. The van der Waals surface area contributed by atoms with Gasteiger partial charge in [-0.05, 0) is 97.6 Å². The topological polar surface area (TPSA) is 16.4 Å². The van der Waals surface area contributed by atoms with Crippen LogP contribution >= 0.6 is 0 Å². The van der Waals surface area contributed by atoms with Crippen molar-refractivity contribution in [1.29, 1.82) is 0 Å². The molecule has 0 saturated heterocycles. The van der Waals surface area contributed by atoms with Gasteiger partial charge in [0, 0.05) is 27.4 Å². The van der Waals surface area contributed by atoms with E-state index in [1.165, 1.54) is 44.5 Å². The molecular weight excluding hydrogens is 715 g/mol. The number of para-hydroxylation sites is 2. The van der Waals surface area contributed by atoms with Crippen LogP contribution in [0.25, 0.3) is 77.6 Å². The summed E-state index contributed by atoms with van der Waals surface area (Å²) in [6.07, 6.45) is 0. The summed E-state index contributed by atoms with van der Waals surface area (Å²) in [6, 6.07) is 76.8. The lowest BCUT2D eigenvalue weighted by Gasteiger charge is -2.30. The Labute approximate surface area is 345 Å². The first-order valence-electron chi connectivity index (χ1n) is 20.4. The van der Waals surface area contributed by atoms with Crippen molar-refractivity contribution >= 4 is 39.0 Å². The van der Waals surface area contributed by atoms with Gasteiger partial charge in [-0.15, -0.1) is 0 Å². The Morgan fingerprint density at radius 1 is 0.373 bits per heavy atom. The van der Waals surface area contributed by atoms with E-state index in [0.717, 1.165) is 61.3 Å². The monoisotopic (exact) mass is 755 g/mol. The molecule has 9 aromatic carbocycles. The SMILES string of the molecule is CC1(C)c2ccccc2-c2ccc(-c3ccc(N(c4cccc(-c5ccccc5)c4-c4ccccc4-c4ccccc4)c4cccc5c4oc4ccccc45)cc3)cc21. The average Bonchev–Trinajstić information content (AvgIpc) is 3.79. The van der Waals surface area contributed by atoms with Crippen LogP contribution < -0.4 is 4.90 Å². The molecule has 59 heavy (non-hydrogen) atoms. The summed E-state index contributed by atoms with van der Waals surface area (Å²) in [5.74, 6) is 0. The van der Waals surface area contributed by atoms with Gasteiger partial charge in [-0.3, -0.25) is 0 Å². The summed E-state index contributed by atoms with van der Waals surface area (Å²) >= 11 is 0. The second kappa shape index (κ2) is 13.9. The predicted molar refractivity (Wildman–Crippen MR) is 248 cm³/mol. The zero-order valence-electron chi connectivity index (χ0n) is 33.1. The van der Waals surface area contributed by atoms with Crippen molar-refractivity contribution in [3.8, 4) is 55.6 Å². The van der Waals surface area contributed by atoms with Crippen molar-refractivity contribution in [3.05, 3.63) is 223 Å². The summed E-state index contributed by atoms with van der Waals surface area (Å²) in [6.45, 7) is 4.69. The van der Waals surface area contributed by atoms with E-state index in [1.54, 1.807) is 0 Å². The van der Waals surface area contributed by atoms with Gasteiger partial charge in [0.25, 0.3) is 0 Å². The molecule has 2 heteroatoms. The van der Waals surface area contributed by atoms with Gasteiger partial charge < -0.3 is 9.32 Å². The number of rotatable bonds is 7. The van der Waals surface area contributed by atoms with E-state index in [4.69, 9.17) is 4.42 Å². The van der Waals surface area contributed by atoms with Gasteiger partial charge in [0.05, 0.1) is 11.4 Å². The first-order valence-corrected chi connectivity index (χ1v) is 20.4. The molecule has 11 rings (SSSR count). The van der Waals surface area contributed by atoms with Crippen molar-refractivity contribution in [3.63, 3.8) is 0 Å². The summed E-state index contributed by atoms with van der Waals surface area (Å²) in [7, 11) is 0. The van der Waals surface area contributed by atoms with Gasteiger partial charge in [0.1, 0.15) is 5.58 Å².